The van der Waals surface area contributed by atoms with Crippen LogP contribution >= 0.6 is 0 Å². The zero-order valence-corrected chi connectivity index (χ0v) is 9.89. The lowest BCUT2D eigenvalue weighted by Crippen LogP contribution is -2.02. The van der Waals surface area contributed by atoms with Gasteiger partial charge in [-0.25, -0.2) is 0 Å². The summed E-state index contributed by atoms with van der Waals surface area (Å²) in [5.74, 6) is 0.541. The molecule has 0 unspecified atom stereocenters. The molecule has 0 aliphatic carbocycles. The number of fused-ring (bicyclic) bond motifs is 1. The van der Waals surface area contributed by atoms with Gasteiger partial charge in [0.1, 0.15) is 0 Å². The first-order chi connectivity index (χ1) is 7.19. The van der Waals surface area contributed by atoms with Crippen molar-refractivity contribution >= 4 is 11.2 Å². The van der Waals surface area contributed by atoms with Gasteiger partial charge in [0, 0.05) is 5.56 Å². The average molecular weight is 206 g/mol. The fourth-order valence-electron chi connectivity index (χ4n) is 2.27. The Labute approximate surface area is 90.2 Å². The topological polar surface area (TPSA) is 26.3 Å². The maximum Gasteiger partial charge on any atom is 0.229 e. The van der Waals surface area contributed by atoms with E-state index >= 15 is 0 Å². The quantitative estimate of drug-likeness (QED) is 0.701. The molecule has 2 heteroatoms. The predicted octanol–water partition coefficient (Wildman–Crippen LogP) is 4.27. The van der Waals surface area contributed by atoms with Gasteiger partial charge >= 0.3 is 0 Å². The molecule has 0 spiro atoms. The maximum atomic E-state index is 5.08. The average Bonchev–Trinajstić information content (AvgIpc) is 2.18. The molecule has 0 fully saturated rings. The largest absolute Gasteiger partial charge is 0.286 e. The molecule has 15 heavy (non-hydrogen) atoms. The molecule has 2 rings (SSSR count). The Hall–Kier alpha value is -1.18. The fourth-order valence-corrected chi connectivity index (χ4v) is 2.27. The molecule has 0 N–H and O–H groups in total. The zero-order chi connectivity index (χ0) is 11.0. The van der Waals surface area contributed by atoms with Crippen molar-refractivity contribution in [3.8, 4) is 0 Å². The van der Waals surface area contributed by atoms with Gasteiger partial charge in [0.05, 0.1) is 0 Å². The van der Waals surface area contributed by atoms with Crippen LogP contribution in [-0.2, 0) is 12.8 Å². The molecule has 2 nitrogen and oxygen atoms in total. The van der Waals surface area contributed by atoms with E-state index in [1.54, 1.807) is 0 Å². The van der Waals surface area contributed by atoms with E-state index in [1.165, 1.54) is 16.7 Å². The van der Waals surface area contributed by atoms with Gasteiger partial charge in [-0.2, -0.15) is 0 Å². The summed E-state index contributed by atoms with van der Waals surface area (Å²) in [6.45, 7) is 8.81. The van der Waals surface area contributed by atoms with E-state index < -0.39 is 0 Å². The molecule has 0 bridgehead atoms. The lowest BCUT2D eigenvalue weighted by molar-refractivity contribution is 0.0579. The van der Waals surface area contributed by atoms with Crippen LogP contribution in [0.4, 0.5) is 0 Å². The monoisotopic (exact) mass is 206 g/mol. The molecule has 0 aliphatic rings. The van der Waals surface area contributed by atoms with Crippen molar-refractivity contribution in [2.75, 3.05) is 0 Å². The van der Waals surface area contributed by atoms with Gasteiger partial charge in [0.15, 0.2) is 0 Å². The molecule has 2 aromatic rings. The zero-order valence-electron chi connectivity index (χ0n) is 9.89. The molecular weight excluding hydrogens is 188 g/mol. The minimum Gasteiger partial charge on any atom is -0.286 e. The molecule has 1 aromatic carbocycles. The third kappa shape index (κ3) is 1.48. The lowest BCUT2D eigenvalue weighted by Gasteiger charge is -2.17. The third-order valence-electron chi connectivity index (χ3n) is 3.04. The fraction of sp³-hybridized carbons (Fsp3) is 0.538. The van der Waals surface area contributed by atoms with E-state index in [0.717, 1.165) is 24.0 Å². The molecule has 0 aliphatic heterocycles. The first-order valence-corrected chi connectivity index (χ1v) is 5.72. The van der Waals surface area contributed by atoms with E-state index in [2.05, 4.69) is 33.8 Å². The summed E-state index contributed by atoms with van der Waals surface area (Å²) >= 11 is 0. The Balaban J connectivity index is 2.69. The molecular formula is C13H18O2. The van der Waals surface area contributed by atoms with Crippen LogP contribution in [0.2, 0.25) is 0 Å². The van der Waals surface area contributed by atoms with E-state index in [-0.39, 0.29) is 0 Å². The first kappa shape index (κ1) is 10.3. The number of aryl methyl sites for hydroxylation is 1. The number of benzene rings is 1. The van der Waals surface area contributed by atoms with Gasteiger partial charge in [0.25, 0.3) is 0 Å². The molecule has 0 amide bonds. The van der Waals surface area contributed by atoms with Crippen LogP contribution in [0.1, 0.15) is 50.3 Å². The van der Waals surface area contributed by atoms with Gasteiger partial charge in [-0.1, -0.05) is 27.7 Å². The summed E-state index contributed by atoms with van der Waals surface area (Å²) in [5.41, 5.74) is 6.03. The minimum atomic E-state index is 0.541. The van der Waals surface area contributed by atoms with Gasteiger partial charge in [-0.3, -0.25) is 9.15 Å². The van der Waals surface area contributed by atoms with Crippen LogP contribution < -0.4 is 0 Å². The summed E-state index contributed by atoms with van der Waals surface area (Å²) < 4.78 is 10.1. The predicted molar refractivity (Wildman–Crippen MR) is 61.3 cm³/mol. The second-order valence-electron chi connectivity index (χ2n) is 4.28. The molecule has 0 atom stereocenters. The molecule has 1 heterocycles. The van der Waals surface area contributed by atoms with Crippen LogP contribution in [-0.4, -0.2) is 0 Å². The van der Waals surface area contributed by atoms with Crippen molar-refractivity contribution < 1.29 is 9.15 Å². The summed E-state index contributed by atoms with van der Waals surface area (Å²) in [6.07, 6.45) is 2.07. The number of rotatable bonds is 3. The first-order valence-electron chi connectivity index (χ1n) is 5.72. The van der Waals surface area contributed by atoms with Crippen molar-refractivity contribution in [2.24, 2.45) is 0 Å². The van der Waals surface area contributed by atoms with Crippen molar-refractivity contribution in [3.05, 3.63) is 22.8 Å². The highest BCUT2D eigenvalue weighted by Gasteiger charge is 2.18. The summed E-state index contributed by atoms with van der Waals surface area (Å²) in [5, 5.41) is 0. The van der Waals surface area contributed by atoms with Gasteiger partial charge in [-0.15, -0.1) is 0 Å². The van der Waals surface area contributed by atoms with Gasteiger partial charge in [-0.05, 0) is 36.0 Å². The molecule has 0 radical (unpaired) electrons. The van der Waals surface area contributed by atoms with Crippen molar-refractivity contribution in [1.29, 1.82) is 0 Å². The van der Waals surface area contributed by atoms with Crippen LogP contribution in [0.15, 0.2) is 15.2 Å². The second kappa shape index (κ2) is 3.76. The van der Waals surface area contributed by atoms with Gasteiger partial charge in [0.2, 0.25) is 11.2 Å². The van der Waals surface area contributed by atoms with Crippen LogP contribution in [0, 0.1) is 0 Å². The highest BCUT2D eigenvalue weighted by atomic mass is 17.0. The van der Waals surface area contributed by atoms with E-state index in [4.69, 9.17) is 9.15 Å². The summed E-state index contributed by atoms with van der Waals surface area (Å²) in [7, 11) is 0. The standard InChI is InChI=1S/C13H18O2/c1-5-9-10(6-2)13-12(14-15-13)7-11(9)8(3)4/h7-8H,5-6H2,1-4H3. The summed E-state index contributed by atoms with van der Waals surface area (Å²) in [4.78, 5) is 0. The molecule has 0 saturated heterocycles. The Kier molecular flexibility index (Phi) is 2.59. The Morgan fingerprint density at radius 3 is 2.13 bits per heavy atom. The number of hydrogen-bond acceptors (Lipinski definition) is 2. The van der Waals surface area contributed by atoms with Gasteiger partial charge < -0.3 is 0 Å². The Morgan fingerprint density at radius 1 is 1.07 bits per heavy atom. The lowest BCUT2D eigenvalue weighted by atomic mass is 9.90. The Morgan fingerprint density at radius 2 is 1.73 bits per heavy atom. The van der Waals surface area contributed by atoms with Crippen molar-refractivity contribution in [3.63, 3.8) is 0 Å². The Bertz CT molecular complexity index is 460. The third-order valence-corrected chi connectivity index (χ3v) is 3.04. The molecule has 1 aromatic heterocycles. The highest BCUT2D eigenvalue weighted by Crippen LogP contribution is 2.33. The van der Waals surface area contributed by atoms with E-state index in [0.29, 0.717) is 5.92 Å². The van der Waals surface area contributed by atoms with Crippen molar-refractivity contribution in [2.45, 2.75) is 46.5 Å². The smallest absolute Gasteiger partial charge is 0.229 e. The van der Waals surface area contributed by atoms with Crippen LogP contribution in [0.3, 0.4) is 0 Å². The molecule has 82 valence electrons. The highest BCUT2D eigenvalue weighted by molar-refractivity contribution is 5.78. The van der Waals surface area contributed by atoms with Crippen LogP contribution in [0.5, 0.6) is 0 Å². The van der Waals surface area contributed by atoms with Crippen LogP contribution in [0.25, 0.3) is 11.2 Å². The second-order valence-corrected chi connectivity index (χ2v) is 4.28. The minimum absolute atomic E-state index is 0.541. The SMILES string of the molecule is CCc1c(C(C)C)cc2ooc2c1CC. The molecule has 0 saturated carbocycles. The van der Waals surface area contributed by atoms with E-state index in [1.807, 2.05) is 0 Å². The van der Waals surface area contributed by atoms with Crippen molar-refractivity contribution in [1.82, 2.24) is 0 Å². The maximum absolute atomic E-state index is 5.08. The normalized spacial score (nSPS) is 11.8. The summed E-state index contributed by atoms with van der Waals surface area (Å²) in [6, 6.07) is 2.13. The van der Waals surface area contributed by atoms with E-state index in [9.17, 15) is 0 Å². The number of hydrogen-bond donors (Lipinski definition) is 0.